The van der Waals surface area contributed by atoms with E-state index in [-0.39, 0.29) is 23.1 Å². The van der Waals surface area contributed by atoms with Crippen molar-refractivity contribution >= 4 is 35.0 Å². The molecule has 0 aliphatic heterocycles. The molecule has 0 fully saturated rings. The van der Waals surface area contributed by atoms with Crippen LogP contribution in [0.2, 0.25) is 0 Å². The van der Waals surface area contributed by atoms with Gasteiger partial charge in [0.25, 0.3) is 0 Å². The normalized spacial score (nSPS) is 10.4. The molecule has 5 heteroatoms. The average molecular weight is 391 g/mol. The Morgan fingerprint density at radius 2 is 0.889 bits per heavy atom. The summed E-state index contributed by atoms with van der Waals surface area (Å²) in [4.78, 5) is 20.0. The monoisotopic (exact) mass is 390 g/mol. The van der Waals surface area contributed by atoms with Crippen molar-refractivity contribution in [2.75, 3.05) is 0 Å². The van der Waals surface area contributed by atoms with Gasteiger partial charge in [0, 0.05) is 0 Å². The summed E-state index contributed by atoms with van der Waals surface area (Å²) in [5, 5.41) is 20.0. The molecule has 0 amide bonds. The molecule has 0 unspecified atom stereocenters. The molecule has 0 aromatic heterocycles. The zero-order valence-electron chi connectivity index (χ0n) is 17.5. The topological polar surface area (TPSA) is 80.3 Å². The summed E-state index contributed by atoms with van der Waals surface area (Å²) in [6.45, 7) is 4.39. The quantitative estimate of drug-likeness (QED) is 0.228. The molecule has 0 saturated carbocycles. The number of carboxylic acid groups (broad SMARTS) is 2. The van der Waals surface area contributed by atoms with Crippen LogP contribution < -0.4 is 10.2 Å². The summed E-state index contributed by atoms with van der Waals surface area (Å²) in [5.74, 6) is -2.18. The predicted octanol–water partition coefficient (Wildman–Crippen LogP) is 3.71. The summed E-state index contributed by atoms with van der Waals surface area (Å²) in [5.41, 5.74) is 0. The maximum atomic E-state index is 9.98. The van der Waals surface area contributed by atoms with E-state index in [1.54, 1.807) is 12.2 Å². The molecule has 0 spiro atoms. The van der Waals surface area contributed by atoms with Gasteiger partial charge in [-0.1, -0.05) is 90.2 Å². The SMILES string of the molecule is CCCCCCCCC=CC(=O)[O-].CCCCCCCCC=CC(=O)[O-].[Mg+2]. The molecular formula is C22H38MgO4. The molecule has 0 bridgehead atoms. The van der Waals surface area contributed by atoms with Crippen molar-refractivity contribution in [2.24, 2.45) is 0 Å². The number of hydrogen-bond donors (Lipinski definition) is 0. The largest absolute Gasteiger partial charge is 2.00 e. The third-order valence-corrected chi connectivity index (χ3v) is 3.96. The van der Waals surface area contributed by atoms with E-state index >= 15 is 0 Å². The fraction of sp³-hybridized carbons (Fsp3) is 0.727. The minimum Gasteiger partial charge on any atom is -0.545 e. The van der Waals surface area contributed by atoms with E-state index < -0.39 is 11.9 Å². The van der Waals surface area contributed by atoms with Gasteiger partial charge >= 0.3 is 23.1 Å². The second-order valence-corrected chi connectivity index (χ2v) is 6.56. The van der Waals surface area contributed by atoms with Crippen LogP contribution in [0.3, 0.4) is 0 Å². The van der Waals surface area contributed by atoms with Gasteiger partial charge in [-0.25, -0.2) is 0 Å². The predicted molar refractivity (Wildman–Crippen MR) is 110 cm³/mol. The van der Waals surface area contributed by atoms with E-state index in [2.05, 4.69) is 13.8 Å². The summed E-state index contributed by atoms with van der Waals surface area (Å²) in [7, 11) is 0. The Labute approximate surface area is 182 Å². The van der Waals surface area contributed by atoms with Crippen molar-refractivity contribution in [2.45, 2.75) is 104 Å². The van der Waals surface area contributed by atoms with Gasteiger partial charge in [0.2, 0.25) is 0 Å². The van der Waals surface area contributed by atoms with Gasteiger partial charge in [0.05, 0.1) is 11.9 Å². The second kappa shape index (κ2) is 27.4. The number of allylic oxidation sites excluding steroid dienone is 2. The van der Waals surface area contributed by atoms with Crippen LogP contribution in [0, 0.1) is 0 Å². The first-order chi connectivity index (χ1) is 12.5. The molecule has 0 rings (SSSR count). The number of unbranched alkanes of at least 4 members (excludes halogenated alkanes) is 12. The van der Waals surface area contributed by atoms with Crippen LogP contribution in [0.1, 0.15) is 104 Å². The Balaban J connectivity index is -0.000000411. The minimum absolute atomic E-state index is 0. The summed E-state index contributed by atoms with van der Waals surface area (Å²) >= 11 is 0. The smallest absolute Gasteiger partial charge is 0.545 e. The Hall–Kier alpha value is -0.814. The van der Waals surface area contributed by atoms with Gasteiger partial charge in [0.15, 0.2) is 0 Å². The Morgan fingerprint density at radius 3 is 1.19 bits per heavy atom. The van der Waals surface area contributed by atoms with Crippen molar-refractivity contribution in [3.63, 3.8) is 0 Å². The minimum atomic E-state index is -1.09. The van der Waals surface area contributed by atoms with Gasteiger partial charge in [-0.3, -0.25) is 0 Å². The fourth-order valence-electron chi connectivity index (χ4n) is 2.44. The molecule has 4 nitrogen and oxygen atoms in total. The first-order valence-corrected chi connectivity index (χ1v) is 10.3. The molecular weight excluding hydrogens is 353 g/mol. The summed E-state index contributed by atoms with van der Waals surface area (Å²) < 4.78 is 0. The first-order valence-electron chi connectivity index (χ1n) is 10.3. The number of carboxylic acids is 2. The van der Waals surface area contributed by atoms with Crippen LogP contribution in [-0.2, 0) is 9.59 Å². The molecule has 0 heterocycles. The third kappa shape index (κ3) is 36.8. The van der Waals surface area contributed by atoms with Crippen LogP contribution in [0.5, 0.6) is 0 Å². The number of carbonyl (C=O) groups excluding carboxylic acids is 2. The maximum absolute atomic E-state index is 9.98. The van der Waals surface area contributed by atoms with Crippen LogP contribution in [0.25, 0.3) is 0 Å². The molecule has 0 aliphatic rings. The second-order valence-electron chi connectivity index (χ2n) is 6.56. The summed E-state index contributed by atoms with van der Waals surface area (Å²) in [6, 6.07) is 0. The van der Waals surface area contributed by atoms with Crippen LogP contribution in [-0.4, -0.2) is 35.0 Å². The molecule has 0 N–H and O–H groups in total. The number of rotatable bonds is 16. The molecule has 27 heavy (non-hydrogen) atoms. The Morgan fingerprint density at radius 1 is 0.593 bits per heavy atom. The van der Waals surface area contributed by atoms with Crippen molar-refractivity contribution in [1.82, 2.24) is 0 Å². The van der Waals surface area contributed by atoms with Gasteiger partial charge in [0.1, 0.15) is 0 Å². The van der Waals surface area contributed by atoms with E-state index in [9.17, 15) is 19.8 Å². The molecule has 0 radical (unpaired) electrons. The van der Waals surface area contributed by atoms with Crippen molar-refractivity contribution in [1.29, 1.82) is 0 Å². The number of carbonyl (C=O) groups is 2. The average Bonchev–Trinajstić information content (AvgIpc) is 2.60. The van der Waals surface area contributed by atoms with E-state index in [0.717, 1.165) is 37.8 Å². The fourth-order valence-corrected chi connectivity index (χ4v) is 2.44. The van der Waals surface area contributed by atoms with Crippen molar-refractivity contribution < 1.29 is 19.8 Å². The Bertz CT molecular complexity index is 343. The standard InChI is InChI=1S/2C11H20O2.Mg/c2*1-2-3-4-5-6-7-8-9-10-11(12)13;/h2*9-10H,2-8H2,1H3,(H,12,13);/q;;+2/p-2. The number of hydrogen-bond acceptors (Lipinski definition) is 4. The van der Waals surface area contributed by atoms with E-state index in [1.165, 1.54) is 64.2 Å². The molecule has 0 aromatic rings. The molecule has 152 valence electrons. The third-order valence-electron chi connectivity index (χ3n) is 3.96. The van der Waals surface area contributed by atoms with Crippen LogP contribution in [0.4, 0.5) is 0 Å². The Kier molecular flexibility index (Phi) is 31.4. The van der Waals surface area contributed by atoms with Crippen molar-refractivity contribution in [3.05, 3.63) is 24.3 Å². The van der Waals surface area contributed by atoms with Gasteiger partial charge in [-0.05, 0) is 37.8 Å². The maximum Gasteiger partial charge on any atom is 2.00 e. The van der Waals surface area contributed by atoms with Gasteiger partial charge < -0.3 is 19.8 Å². The molecule has 0 aliphatic carbocycles. The molecule has 0 saturated heterocycles. The zero-order chi connectivity index (χ0) is 19.9. The van der Waals surface area contributed by atoms with Crippen LogP contribution in [0.15, 0.2) is 24.3 Å². The van der Waals surface area contributed by atoms with Gasteiger partial charge in [-0.2, -0.15) is 0 Å². The molecule has 0 atom stereocenters. The zero-order valence-corrected chi connectivity index (χ0v) is 19.0. The van der Waals surface area contributed by atoms with Gasteiger partial charge in [-0.15, -0.1) is 0 Å². The molecule has 0 aromatic carbocycles. The van der Waals surface area contributed by atoms with Crippen molar-refractivity contribution in [3.8, 4) is 0 Å². The summed E-state index contributed by atoms with van der Waals surface area (Å²) in [6.07, 6.45) is 22.2. The first kappa shape index (κ1) is 30.9. The van der Waals surface area contributed by atoms with E-state index in [4.69, 9.17) is 0 Å². The van der Waals surface area contributed by atoms with E-state index in [1.807, 2.05) is 0 Å². The van der Waals surface area contributed by atoms with E-state index in [0.29, 0.717) is 0 Å². The number of aliphatic carboxylic acids is 2. The van der Waals surface area contributed by atoms with Crippen LogP contribution >= 0.6 is 0 Å².